The maximum atomic E-state index is 12.2. The standard InChI is InChI=1S/C26H33NO4/c28-22(19-31-23-8-4-3-5-9-23)16-14-21-15-17-25(29)24(21)10-6-1-2-7-11-26(30)27-18-20-12-13-20/h1,3-6,8-9,14,16,20,22,28H,2,7,10-13,15,17-19H2,(H,27,30)/b6-1-,16-14?/t22-/m1/s1. The van der Waals surface area contributed by atoms with E-state index in [-0.39, 0.29) is 18.3 Å². The lowest BCUT2D eigenvalue weighted by Gasteiger charge is -2.09. The number of unbranched alkanes of at least 4 members (excludes halogenated alkanes) is 1. The Hall–Kier alpha value is -2.66. The van der Waals surface area contributed by atoms with Crippen molar-refractivity contribution in [2.24, 2.45) is 5.92 Å². The SMILES string of the molecule is O=C(CCC/C=C\CC1=C(C=C[C@@H](O)COc2ccccc2)CCC1=O)NCC1CC1. The van der Waals surface area contributed by atoms with Crippen molar-refractivity contribution in [2.45, 2.75) is 57.5 Å². The molecule has 0 radical (unpaired) electrons. The summed E-state index contributed by atoms with van der Waals surface area (Å²) in [6, 6.07) is 9.38. The number of Topliss-reactive ketones (excluding diaryl/α,β-unsaturated/α-hetero) is 1. The van der Waals surface area contributed by atoms with E-state index in [1.54, 1.807) is 6.08 Å². The smallest absolute Gasteiger partial charge is 0.220 e. The zero-order valence-electron chi connectivity index (χ0n) is 18.1. The largest absolute Gasteiger partial charge is 0.491 e. The Labute approximate surface area is 184 Å². The van der Waals surface area contributed by atoms with Gasteiger partial charge >= 0.3 is 0 Å². The van der Waals surface area contributed by atoms with E-state index >= 15 is 0 Å². The maximum absolute atomic E-state index is 12.2. The number of amides is 1. The molecule has 166 valence electrons. The summed E-state index contributed by atoms with van der Waals surface area (Å²) in [5, 5.41) is 13.1. The number of carbonyl (C=O) groups is 2. The van der Waals surface area contributed by atoms with Crippen LogP contribution in [0.2, 0.25) is 0 Å². The Morgan fingerprint density at radius 2 is 2.00 bits per heavy atom. The molecule has 0 heterocycles. The van der Waals surface area contributed by atoms with Crippen molar-refractivity contribution in [3.63, 3.8) is 0 Å². The molecule has 1 saturated carbocycles. The molecule has 2 N–H and O–H groups in total. The van der Waals surface area contributed by atoms with Gasteiger partial charge in [-0.05, 0) is 62.1 Å². The average molecular weight is 424 g/mol. The van der Waals surface area contributed by atoms with Crippen LogP contribution in [0.1, 0.15) is 51.4 Å². The van der Waals surface area contributed by atoms with E-state index in [0.29, 0.717) is 31.6 Å². The summed E-state index contributed by atoms with van der Waals surface area (Å²) in [6.45, 7) is 1.000. The summed E-state index contributed by atoms with van der Waals surface area (Å²) in [5.41, 5.74) is 1.82. The Balaban J connectivity index is 1.38. The van der Waals surface area contributed by atoms with Gasteiger partial charge in [0.1, 0.15) is 18.5 Å². The highest BCUT2D eigenvalue weighted by molar-refractivity contribution is 5.99. The highest BCUT2D eigenvalue weighted by Crippen LogP contribution is 2.28. The molecule has 2 aliphatic rings. The van der Waals surface area contributed by atoms with E-state index in [9.17, 15) is 14.7 Å². The number of allylic oxidation sites excluding steroid dienone is 5. The molecule has 1 aromatic rings. The highest BCUT2D eigenvalue weighted by atomic mass is 16.5. The Bertz CT molecular complexity index is 821. The van der Waals surface area contributed by atoms with E-state index in [1.807, 2.05) is 42.5 Å². The summed E-state index contributed by atoms with van der Waals surface area (Å²) < 4.78 is 5.56. The van der Waals surface area contributed by atoms with Crippen LogP contribution < -0.4 is 10.1 Å². The van der Waals surface area contributed by atoms with Crippen LogP contribution in [0, 0.1) is 5.92 Å². The van der Waals surface area contributed by atoms with Crippen LogP contribution in [0.3, 0.4) is 0 Å². The van der Waals surface area contributed by atoms with Crippen LogP contribution in [0.5, 0.6) is 5.75 Å². The van der Waals surface area contributed by atoms with Gasteiger partial charge in [0.2, 0.25) is 5.91 Å². The first kappa shape index (κ1) is 23.0. The Morgan fingerprint density at radius 3 is 2.77 bits per heavy atom. The van der Waals surface area contributed by atoms with Gasteiger partial charge in [0.15, 0.2) is 5.78 Å². The van der Waals surface area contributed by atoms with Gasteiger partial charge in [-0.15, -0.1) is 0 Å². The number of hydrogen-bond acceptors (Lipinski definition) is 4. The molecule has 31 heavy (non-hydrogen) atoms. The highest BCUT2D eigenvalue weighted by Gasteiger charge is 2.21. The van der Waals surface area contributed by atoms with Crippen molar-refractivity contribution < 1.29 is 19.4 Å². The molecule has 5 heteroatoms. The monoisotopic (exact) mass is 423 g/mol. The first-order valence-corrected chi connectivity index (χ1v) is 11.3. The van der Waals surface area contributed by atoms with Gasteiger partial charge in [-0.1, -0.05) is 42.5 Å². The van der Waals surface area contributed by atoms with Crippen molar-refractivity contribution >= 4 is 11.7 Å². The lowest BCUT2D eigenvalue weighted by Crippen LogP contribution is -2.24. The molecule has 3 rings (SSSR count). The van der Waals surface area contributed by atoms with Crippen molar-refractivity contribution in [1.82, 2.24) is 5.32 Å². The third-order valence-electron chi connectivity index (χ3n) is 5.58. The minimum atomic E-state index is -0.730. The molecular weight excluding hydrogens is 390 g/mol. The molecule has 1 atom stereocenters. The number of ketones is 1. The third-order valence-corrected chi connectivity index (χ3v) is 5.58. The minimum absolute atomic E-state index is 0.135. The molecule has 0 spiro atoms. The molecule has 0 unspecified atom stereocenters. The summed E-state index contributed by atoms with van der Waals surface area (Å²) in [7, 11) is 0. The quantitative estimate of drug-likeness (QED) is 0.367. The molecule has 1 amide bonds. The van der Waals surface area contributed by atoms with E-state index in [0.717, 1.165) is 36.3 Å². The normalized spacial score (nSPS) is 17.6. The molecule has 1 aromatic carbocycles. The van der Waals surface area contributed by atoms with Crippen molar-refractivity contribution in [2.75, 3.05) is 13.2 Å². The van der Waals surface area contributed by atoms with Crippen molar-refractivity contribution in [3.8, 4) is 5.75 Å². The summed E-state index contributed by atoms with van der Waals surface area (Å²) in [6.07, 6.45) is 13.4. The fourth-order valence-electron chi connectivity index (χ4n) is 3.51. The fraction of sp³-hybridized carbons (Fsp3) is 0.462. The molecule has 5 nitrogen and oxygen atoms in total. The summed E-state index contributed by atoms with van der Waals surface area (Å²) >= 11 is 0. The number of ether oxygens (including phenoxy) is 1. The zero-order chi connectivity index (χ0) is 21.9. The number of aliphatic hydroxyl groups is 1. The van der Waals surface area contributed by atoms with Crippen LogP contribution in [0.15, 0.2) is 65.8 Å². The van der Waals surface area contributed by atoms with Gasteiger partial charge in [0.05, 0.1) is 0 Å². The average Bonchev–Trinajstić information content (AvgIpc) is 3.55. The molecular formula is C26H33NO4. The number of aliphatic hydroxyl groups excluding tert-OH is 1. The van der Waals surface area contributed by atoms with Crippen molar-refractivity contribution in [1.29, 1.82) is 0 Å². The van der Waals surface area contributed by atoms with Crippen LogP contribution in [-0.4, -0.2) is 36.1 Å². The molecule has 2 aliphatic carbocycles. The van der Waals surface area contributed by atoms with Gasteiger partial charge in [-0.3, -0.25) is 9.59 Å². The molecule has 1 fully saturated rings. The van der Waals surface area contributed by atoms with Gasteiger partial charge < -0.3 is 15.2 Å². The second-order valence-electron chi connectivity index (χ2n) is 8.29. The van der Waals surface area contributed by atoms with E-state index in [1.165, 1.54) is 12.8 Å². The predicted octanol–water partition coefficient (Wildman–Crippen LogP) is 4.28. The third kappa shape index (κ3) is 8.54. The molecule has 0 aliphatic heterocycles. The number of benzene rings is 1. The van der Waals surface area contributed by atoms with E-state index in [4.69, 9.17) is 4.74 Å². The van der Waals surface area contributed by atoms with Crippen LogP contribution in [0.25, 0.3) is 0 Å². The molecule has 0 bridgehead atoms. The topological polar surface area (TPSA) is 75.6 Å². The Kier molecular flexibility index (Phi) is 9.10. The number of nitrogens with one attached hydrogen (secondary N) is 1. The zero-order valence-corrected chi connectivity index (χ0v) is 18.1. The first-order chi connectivity index (χ1) is 15.1. The minimum Gasteiger partial charge on any atom is -0.491 e. The van der Waals surface area contributed by atoms with Gasteiger partial charge in [-0.25, -0.2) is 0 Å². The second-order valence-corrected chi connectivity index (χ2v) is 8.29. The van der Waals surface area contributed by atoms with E-state index < -0.39 is 6.10 Å². The Morgan fingerprint density at radius 1 is 1.19 bits per heavy atom. The van der Waals surface area contributed by atoms with Gasteiger partial charge in [-0.2, -0.15) is 0 Å². The fourth-order valence-corrected chi connectivity index (χ4v) is 3.51. The molecule has 0 aromatic heterocycles. The lowest BCUT2D eigenvalue weighted by molar-refractivity contribution is -0.121. The predicted molar refractivity (Wildman–Crippen MR) is 122 cm³/mol. The van der Waals surface area contributed by atoms with E-state index in [2.05, 4.69) is 11.4 Å². The maximum Gasteiger partial charge on any atom is 0.220 e. The molecule has 0 saturated heterocycles. The summed E-state index contributed by atoms with van der Waals surface area (Å²) in [5.74, 6) is 1.74. The number of rotatable bonds is 13. The van der Waals surface area contributed by atoms with Crippen LogP contribution >= 0.6 is 0 Å². The number of hydrogen-bond donors (Lipinski definition) is 2. The lowest BCUT2D eigenvalue weighted by atomic mass is 10.1. The number of para-hydroxylation sites is 1. The van der Waals surface area contributed by atoms with Crippen LogP contribution in [-0.2, 0) is 9.59 Å². The van der Waals surface area contributed by atoms with Gasteiger partial charge in [0, 0.05) is 25.0 Å². The summed E-state index contributed by atoms with van der Waals surface area (Å²) in [4.78, 5) is 23.9. The first-order valence-electron chi connectivity index (χ1n) is 11.3. The second kappa shape index (κ2) is 12.3. The number of carbonyl (C=O) groups excluding carboxylic acids is 2. The van der Waals surface area contributed by atoms with Crippen LogP contribution in [0.4, 0.5) is 0 Å². The van der Waals surface area contributed by atoms with Crippen molar-refractivity contribution in [3.05, 3.63) is 65.8 Å². The van der Waals surface area contributed by atoms with Gasteiger partial charge in [0.25, 0.3) is 0 Å².